The first-order valence-electron chi connectivity index (χ1n) is 7.97. The largest absolute Gasteiger partial charge is 0.465 e. The van der Waals surface area contributed by atoms with E-state index in [1.54, 1.807) is 28.4 Å². The first kappa shape index (κ1) is 16.1. The summed E-state index contributed by atoms with van der Waals surface area (Å²) in [6, 6.07) is 3.43. The summed E-state index contributed by atoms with van der Waals surface area (Å²) in [7, 11) is 1.70. The SMILES string of the molecule is Cn1c(=O)n(C2CCCN(C(=O)O)C2)c2c3nc(Br)ccc3ncc21. The van der Waals surface area contributed by atoms with E-state index in [0.717, 1.165) is 12.8 Å². The van der Waals surface area contributed by atoms with Gasteiger partial charge >= 0.3 is 11.8 Å². The van der Waals surface area contributed by atoms with Crippen LogP contribution in [0.4, 0.5) is 4.79 Å². The number of piperidine rings is 1. The van der Waals surface area contributed by atoms with E-state index in [9.17, 15) is 14.7 Å². The number of hydrogen-bond acceptors (Lipinski definition) is 4. The number of nitrogens with zero attached hydrogens (tertiary/aromatic N) is 5. The quantitative estimate of drug-likeness (QED) is 0.627. The minimum atomic E-state index is -0.953. The molecule has 8 nitrogen and oxygen atoms in total. The average molecular weight is 406 g/mol. The van der Waals surface area contributed by atoms with Crippen LogP contribution in [0, 0.1) is 0 Å². The Labute approximate surface area is 150 Å². The highest BCUT2D eigenvalue weighted by Gasteiger charge is 2.28. The van der Waals surface area contributed by atoms with Crippen molar-refractivity contribution in [2.45, 2.75) is 18.9 Å². The molecule has 0 spiro atoms. The van der Waals surface area contributed by atoms with Crippen molar-refractivity contribution in [2.75, 3.05) is 13.1 Å². The van der Waals surface area contributed by atoms with Gasteiger partial charge in [0.05, 0.1) is 28.8 Å². The van der Waals surface area contributed by atoms with E-state index >= 15 is 0 Å². The molecule has 3 aromatic rings. The summed E-state index contributed by atoms with van der Waals surface area (Å²) in [4.78, 5) is 34.5. The smallest absolute Gasteiger partial charge is 0.407 e. The number of aromatic nitrogens is 4. The number of imidazole rings is 1. The molecule has 1 N–H and O–H groups in total. The molecule has 0 aliphatic carbocycles. The van der Waals surface area contributed by atoms with Crippen molar-refractivity contribution in [1.82, 2.24) is 24.0 Å². The third-order valence-electron chi connectivity index (χ3n) is 4.76. The van der Waals surface area contributed by atoms with E-state index in [0.29, 0.717) is 39.8 Å². The lowest BCUT2D eigenvalue weighted by atomic mass is 10.1. The molecule has 4 rings (SSSR count). The summed E-state index contributed by atoms with van der Waals surface area (Å²) in [6.45, 7) is 0.795. The summed E-state index contributed by atoms with van der Waals surface area (Å²) >= 11 is 3.37. The molecule has 0 radical (unpaired) electrons. The highest BCUT2D eigenvalue weighted by atomic mass is 79.9. The van der Waals surface area contributed by atoms with Gasteiger partial charge in [-0.15, -0.1) is 0 Å². The van der Waals surface area contributed by atoms with Crippen LogP contribution in [0.5, 0.6) is 0 Å². The molecule has 130 valence electrons. The predicted octanol–water partition coefficient (Wildman–Crippen LogP) is 2.36. The lowest BCUT2D eigenvalue weighted by Gasteiger charge is -2.31. The average Bonchev–Trinajstić information content (AvgIpc) is 2.86. The van der Waals surface area contributed by atoms with Gasteiger partial charge in [-0.2, -0.15) is 0 Å². The van der Waals surface area contributed by atoms with Crippen molar-refractivity contribution in [3.05, 3.63) is 33.4 Å². The number of likely N-dealkylation sites (tertiary alicyclic amines) is 1. The van der Waals surface area contributed by atoms with Crippen LogP contribution in [0.15, 0.2) is 27.7 Å². The van der Waals surface area contributed by atoms with Crippen molar-refractivity contribution in [3.8, 4) is 0 Å². The molecule has 25 heavy (non-hydrogen) atoms. The molecular formula is C16H16BrN5O3. The number of hydrogen-bond donors (Lipinski definition) is 1. The van der Waals surface area contributed by atoms with Crippen molar-refractivity contribution >= 4 is 44.1 Å². The van der Waals surface area contributed by atoms with Gasteiger partial charge in [-0.1, -0.05) is 0 Å². The third-order valence-corrected chi connectivity index (χ3v) is 5.20. The van der Waals surface area contributed by atoms with Gasteiger partial charge < -0.3 is 10.0 Å². The van der Waals surface area contributed by atoms with E-state index in [1.807, 2.05) is 6.07 Å². The molecule has 1 saturated heterocycles. The van der Waals surface area contributed by atoms with Crippen molar-refractivity contribution in [3.63, 3.8) is 0 Å². The number of aryl methyl sites for hydroxylation is 1. The van der Waals surface area contributed by atoms with Crippen molar-refractivity contribution < 1.29 is 9.90 Å². The van der Waals surface area contributed by atoms with Crippen molar-refractivity contribution in [2.24, 2.45) is 7.05 Å². The number of carbonyl (C=O) groups is 1. The van der Waals surface area contributed by atoms with Crippen LogP contribution in [-0.2, 0) is 7.05 Å². The maximum Gasteiger partial charge on any atom is 0.407 e. The van der Waals surface area contributed by atoms with E-state index in [4.69, 9.17) is 0 Å². The van der Waals surface area contributed by atoms with E-state index in [2.05, 4.69) is 25.9 Å². The van der Waals surface area contributed by atoms with Gasteiger partial charge in [-0.05, 0) is 40.9 Å². The molecule has 1 fully saturated rings. The Morgan fingerprint density at radius 2 is 2.20 bits per heavy atom. The summed E-state index contributed by atoms with van der Waals surface area (Å²) in [5, 5.41) is 9.30. The molecule has 1 aliphatic heterocycles. The van der Waals surface area contributed by atoms with Gasteiger partial charge in [-0.3, -0.25) is 14.1 Å². The second-order valence-corrected chi connectivity index (χ2v) is 7.04. The Morgan fingerprint density at radius 1 is 1.40 bits per heavy atom. The molecule has 1 aliphatic rings. The summed E-state index contributed by atoms with van der Waals surface area (Å²) in [5.74, 6) is 0. The minimum absolute atomic E-state index is 0.177. The molecule has 1 unspecified atom stereocenters. The first-order valence-corrected chi connectivity index (χ1v) is 8.76. The number of amides is 1. The number of fused-ring (bicyclic) bond motifs is 3. The fourth-order valence-electron chi connectivity index (χ4n) is 3.54. The van der Waals surface area contributed by atoms with E-state index < -0.39 is 6.09 Å². The highest BCUT2D eigenvalue weighted by molar-refractivity contribution is 9.10. The standard InChI is InChI=1S/C16H16BrN5O3/c1-20-11-7-18-10-4-5-12(17)19-13(10)14(11)22(15(20)23)9-3-2-6-21(8-9)16(24)25/h4-5,7,9H,2-3,6,8H2,1H3,(H,24,25). The van der Waals surface area contributed by atoms with Crippen molar-refractivity contribution in [1.29, 1.82) is 0 Å². The van der Waals surface area contributed by atoms with Crippen LogP contribution in [0.2, 0.25) is 0 Å². The number of carboxylic acid groups (broad SMARTS) is 1. The highest BCUT2D eigenvalue weighted by Crippen LogP contribution is 2.28. The van der Waals surface area contributed by atoms with Gasteiger partial charge in [0.25, 0.3) is 0 Å². The Balaban J connectivity index is 1.99. The van der Waals surface area contributed by atoms with E-state index in [-0.39, 0.29) is 11.7 Å². The monoisotopic (exact) mass is 405 g/mol. The predicted molar refractivity (Wildman–Crippen MR) is 95.8 cm³/mol. The van der Waals surface area contributed by atoms with Gasteiger partial charge in [0.2, 0.25) is 0 Å². The molecule has 4 heterocycles. The van der Waals surface area contributed by atoms with Gasteiger partial charge in [0, 0.05) is 20.1 Å². The molecule has 1 amide bonds. The zero-order valence-corrected chi connectivity index (χ0v) is 15.1. The maximum atomic E-state index is 12.9. The molecular weight excluding hydrogens is 390 g/mol. The molecule has 9 heteroatoms. The van der Waals surface area contributed by atoms with Crippen LogP contribution in [0.25, 0.3) is 22.1 Å². The van der Waals surface area contributed by atoms with Crippen LogP contribution in [0.1, 0.15) is 18.9 Å². The van der Waals surface area contributed by atoms with Gasteiger partial charge in [0.1, 0.15) is 10.1 Å². The summed E-state index contributed by atoms with van der Waals surface area (Å²) < 4.78 is 3.89. The van der Waals surface area contributed by atoms with Crippen LogP contribution in [0.3, 0.4) is 0 Å². The van der Waals surface area contributed by atoms with Gasteiger partial charge in [-0.25, -0.2) is 14.6 Å². The topological polar surface area (TPSA) is 93.2 Å². The minimum Gasteiger partial charge on any atom is -0.465 e. The van der Waals surface area contributed by atoms with Gasteiger partial charge in [0.15, 0.2) is 0 Å². The zero-order valence-electron chi connectivity index (χ0n) is 13.5. The Hall–Kier alpha value is -2.42. The second-order valence-electron chi connectivity index (χ2n) is 6.23. The maximum absolute atomic E-state index is 12.9. The zero-order chi connectivity index (χ0) is 17.7. The van der Waals surface area contributed by atoms with Crippen LogP contribution >= 0.6 is 15.9 Å². The second kappa shape index (κ2) is 5.83. The lowest BCUT2D eigenvalue weighted by molar-refractivity contribution is 0.121. The lowest BCUT2D eigenvalue weighted by Crippen LogP contribution is -2.42. The number of rotatable bonds is 1. The van der Waals surface area contributed by atoms with Crippen LogP contribution < -0.4 is 5.69 Å². The number of halogens is 1. The molecule has 1 atom stereocenters. The van der Waals surface area contributed by atoms with E-state index in [1.165, 1.54) is 4.90 Å². The molecule has 0 bridgehead atoms. The molecule has 0 aromatic carbocycles. The normalized spacial score (nSPS) is 18.2. The summed E-state index contributed by atoms with van der Waals surface area (Å²) in [5.41, 5.74) is 2.55. The summed E-state index contributed by atoms with van der Waals surface area (Å²) in [6.07, 6.45) is 2.19. The Bertz CT molecular complexity index is 1060. The Morgan fingerprint density at radius 3 is 2.96 bits per heavy atom. The molecule has 3 aromatic heterocycles. The number of pyridine rings is 2. The third kappa shape index (κ3) is 2.50. The first-order chi connectivity index (χ1) is 12.0. The van der Waals surface area contributed by atoms with Crippen LogP contribution in [-0.4, -0.2) is 48.3 Å². The molecule has 0 saturated carbocycles. The fourth-order valence-corrected chi connectivity index (χ4v) is 3.85. The fraction of sp³-hybridized carbons (Fsp3) is 0.375. The Kier molecular flexibility index (Phi) is 3.75.